The largest absolute Gasteiger partial charge is 0.378 e. The molecule has 2 fully saturated rings. The molecule has 2 amide bonds. The van der Waals surface area contributed by atoms with E-state index in [0.717, 1.165) is 29.9 Å². The first kappa shape index (κ1) is 16.5. The molecule has 126 valence electrons. The number of rotatable bonds is 5. The number of carbonyl (C=O) groups is 1. The topological polar surface area (TPSA) is 67.4 Å². The van der Waals surface area contributed by atoms with Gasteiger partial charge in [0, 0.05) is 41.1 Å². The van der Waals surface area contributed by atoms with E-state index in [9.17, 15) is 9.00 Å². The van der Waals surface area contributed by atoms with E-state index in [1.165, 1.54) is 12.8 Å². The summed E-state index contributed by atoms with van der Waals surface area (Å²) in [5.41, 5.74) is 0.997. The Kier molecular flexibility index (Phi) is 5.33. The third-order valence-electron chi connectivity index (χ3n) is 4.51. The van der Waals surface area contributed by atoms with Crippen molar-refractivity contribution in [3.8, 4) is 0 Å². The summed E-state index contributed by atoms with van der Waals surface area (Å²) in [6, 6.07) is 7.55. The van der Waals surface area contributed by atoms with Gasteiger partial charge >= 0.3 is 6.03 Å². The van der Waals surface area contributed by atoms with Crippen molar-refractivity contribution in [3.05, 3.63) is 29.8 Å². The van der Waals surface area contributed by atoms with Crippen LogP contribution >= 0.6 is 0 Å². The Morgan fingerprint density at radius 2 is 2.00 bits per heavy atom. The van der Waals surface area contributed by atoms with E-state index in [1.54, 1.807) is 6.26 Å². The van der Waals surface area contributed by atoms with Gasteiger partial charge in [0.25, 0.3) is 0 Å². The summed E-state index contributed by atoms with van der Waals surface area (Å²) < 4.78 is 17.1. The Bertz CT molecular complexity index is 572. The Morgan fingerprint density at radius 3 is 2.65 bits per heavy atom. The van der Waals surface area contributed by atoms with E-state index < -0.39 is 10.8 Å². The molecule has 2 N–H and O–H groups in total. The zero-order chi connectivity index (χ0) is 16.2. The first-order valence-corrected chi connectivity index (χ1v) is 9.76. The normalized spacial score (nSPS) is 25.6. The first-order valence-electron chi connectivity index (χ1n) is 8.20. The van der Waals surface area contributed by atoms with Crippen LogP contribution in [-0.4, -0.2) is 35.2 Å². The smallest absolute Gasteiger partial charge is 0.315 e. The number of carbonyl (C=O) groups excluding carboxylic acids is 1. The molecule has 23 heavy (non-hydrogen) atoms. The number of nitrogens with one attached hydrogen (secondary N) is 2. The van der Waals surface area contributed by atoms with Crippen molar-refractivity contribution in [1.29, 1.82) is 0 Å². The van der Waals surface area contributed by atoms with Gasteiger partial charge in [-0.05, 0) is 49.3 Å². The molecule has 0 unspecified atom stereocenters. The van der Waals surface area contributed by atoms with Crippen LogP contribution in [0.4, 0.5) is 4.79 Å². The molecule has 3 atom stereocenters. The molecule has 1 saturated carbocycles. The fourth-order valence-corrected chi connectivity index (χ4v) is 3.49. The van der Waals surface area contributed by atoms with E-state index in [0.29, 0.717) is 18.6 Å². The van der Waals surface area contributed by atoms with Crippen LogP contribution in [0.25, 0.3) is 0 Å². The van der Waals surface area contributed by atoms with Gasteiger partial charge in [-0.3, -0.25) is 4.21 Å². The summed E-state index contributed by atoms with van der Waals surface area (Å²) in [6.07, 6.45) is 6.33. The molecule has 0 bridgehead atoms. The van der Waals surface area contributed by atoms with Crippen LogP contribution in [0.15, 0.2) is 29.2 Å². The van der Waals surface area contributed by atoms with Gasteiger partial charge in [0.1, 0.15) is 0 Å². The second kappa shape index (κ2) is 7.45. The Morgan fingerprint density at radius 1 is 1.26 bits per heavy atom. The van der Waals surface area contributed by atoms with Crippen LogP contribution in [0.3, 0.4) is 0 Å². The molecule has 1 aliphatic heterocycles. The van der Waals surface area contributed by atoms with Crippen LogP contribution in [0.2, 0.25) is 0 Å². The Hall–Kier alpha value is -1.40. The molecular formula is C17H24N2O3S. The van der Waals surface area contributed by atoms with Crippen molar-refractivity contribution in [2.24, 2.45) is 5.92 Å². The average molecular weight is 336 g/mol. The average Bonchev–Trinajstić information content (AvgIpc) is 3.38. The highest BCUT2D eigenvalue weighted by molar-refractivity contribution is 7.84. The van der Waals surface area contributed by atoms with Gasteiger partial charge < -0.3 is 15.4 Å². The number of amides is 2. The molecular weight excluding hydrogens is 312 g/mol. The minimum Gasteiger partial charge on any atom is -0.378 e. The van der Waals surface area contributed by atoms with Crippen LogP contribution in [0, 0.1) is 5.92 Å². The number of benzene rings is 1. The van der Waals surface area contributed by atoms with Gasteiger partial charge in [-0.25, -0.2) is 4.79 Å². The van der Waals surface area contributed by atoms with Crippen molar-refractivity contribution >= 4 is 16.8 Å². The number of ether oxygens (including phenoxy) is 1. The van der Waals surface area contributed by atoms with E-state index in [1.807, 2.05) is 24.3 Å². The molecule has 1 saturated heterocycles. The number of urea groups is 1. The van der Waals surface area contributed by atoms with Gasteiger partial charge in [0.05, 0.1) is 6.10 Å². The molecule has 1 aliphatic carbocycles. The summed E-state index contributed by atoms with van der Waals surface area (Å²) in [6.45, 7) is 1.21. The zero-order valence-electron chi connectivity index (χ0n) is 13.4. The summed E-state index contributed by atoms with van der Waals surface area (Å²) in [4.78, 5) is 12.8. The van der Waals surface area contributed by atoms with Crippen LogP contribution in [-0.2, 0) is 22.1 Å². The molecule has 0 spiro atoms. The van der Waals surface area contributed by atoms with Gasteiger partial charge in [0.2, 0.25) is 0 Å². The minimum atomic E-state index is -0.969. The van der Waals surface area contributed by atoms with Crippen LogP contribution in [0.5, 0.6) is 0 Å². The van der Waals surface area contributed by atoms with Crippen molar-refractivity contribution in [2.45, 2.75) is 49.3 Å². The van der Waals surface area contributed by atoms with Crippen LogP contribution < -0.4 is 10.6 Å². The SMILES string of the molecule is C[S@](=O)c1ccc(CNC(=O)N[C@H]2CCO[C@@H](C3CC3)C2)cc1. The van der Waals surface area contributed by atoms with Crippen LogP contribution in [0.1, 0.15) is 31.2 Å². The highest BCUT2D eigenvalue weighted by Crippen LogP contribution is 2.38. The summed E-state index contributed by atoms with van der Waals surface area (Å²) in [7, 11) is -0.969. The highest BCUT2D eigenvalue weighted by atomic mass is 32.2. The third-order valence-corrected chi connectivity index (χ3v) is 5.44. The molecule has 2 aliphatic rings. The third kappa shape index (κ3) is 4.78. The first-order chi connectivity index (χ1) is 11.1. The molecule has 5 nitrogen and oxygen atoms in total. The fourth-order valence-electron chi connectivity index (χ4n) is 2.97. The van der Waals surface area contributed by atoms with Crippen molar-refractivity contribution in [3.63, 3.8) is 0 Å². The second-order valence-corrected chi connectivity index (χ2v) is 7.77. The maximum absolute atomic E-state index is 12.0. The summed E-state index contributed by atoms with van der Waals surface area (Å²) in [5, 5.41) is 5.94. The second-order valence-electron chi connectivity index (χ2n) is 6.39. The van der Waals surface area contributed by atoms with E-state index in [-0.39, 0.29) is 12.1 Å². The molecule has 6 heteroatoms. The number of hydrogen-bond acceptors (Lipinski definition) is 3. The molecule has 1 aromatic rings. The minimum absolute atomic E-state index is 0.130. The maximum Gasteiger partial charge on any atom is 0.315 e. The highest BCUT2D eigenvalue weighted by Gasteiger charge is 2.36. The lowest BCUT2D eigenvalue weighted by Gasteiger charge is -2.30. The quantitative estimate of drug-likeness (QED) is 0.866. The van der Waals surface area contributed by atoms with Crippen molar-refractivity contribution in [1.82, 2.24) is 10.6 Å². The van der Waals surface area contributed by atoms with E-state index in [2.05, 4.69) is 10.6 Å². The monoisotopic (exact) mass is 336 g/mol. The van der Waals surface area contributed by atoms with Crippen molar-refractivity contribution in [2.75, 3.05) is 12.9 Å². The molecule has 0 aromatic heterocycles. The Balaban J connectivity index is 1.42. The number of hydrogen-bond donors (Lipinski definition) is 2. The van der Waals surface area contributed by atoms with Crippen molar-refractivity contribution < 1.29 is 13.7 Å². The van der Waals surface area contributed by atoms with Gasteiger partial charge in [0.15, 0.2) is 0 Å². The van der Waals surface area contributed by atoms with E-state index >= 15 is 0 Å². The standard InChI is InChI=1S/C17H24N2O3S/c1-23(21)15-6-2-12(3-7-15)11-18-17(20)19-14-8-9-22-16(10-14)13-4-5-13/h2-3,6-7,13-14,16H,4-5,8-11H2,1H3,(H2,18,19,20)/t14-,16+,23-/m0/s1. The fraction of sp³-hybridized carbons (Fsp3) is 0.588. The summed E-state index contributed by atoms with van der Waals surface area (Å²) >= 11 is 0. The molecule has 1 aromatic carbocycles. The molecule has 3 rings (SSSR count). The maximum atomic E-state index is 12.0. The Labute approximate surface area is 139 Å². The van der Waals surface area contributed by atoms with Gasteiger partial charge in [-0.15, -0.1) is 0 Å². The zero-order valence-corrected chi connectivity index (χ0v) is 14.2. The predicted molar refractivity (Wildman–Crippen MR) is 89.6 cm³/mol. The predicted octanol–water partition coefficient (Wildman–Crippen LogP) is 2.18. The van der Waals surface area contributed by atoms with Gasteiger partial charge in [-0.1, -0.05) is 12.1 Å². The lowest BCUT2D eigenvalue weighted by Crippen LogP contribution is -2.46. The summed E-state index contributed by atoms with van der Waals surface area (Å²) in [5.74, 6) is 0.713. The van der Waals surface area contributed by atoms with E-state index in [4.69, 9.17) is 4.74 Å². The molecule has 0 radical (unpaired) electrons. The van der Waals surface area contributed by atoms with Gasteiger partial charge in [-0.2, -0.15) is 0 Å². The lowest BCUT2D eigenvalue weighted by molar-refractivity contribution is -0.00914. The lowest BCUT2D eigenvalue weighted by atomic mass is 10.0. The molecule has 1 heterocycles.